The van der Waals surface area contributed by atoms with Crippen molar-refractivity contribution in [3.05, 3.63) is 61.7 Å². The van der Waals surface area contributed by atoms with Gasteiger partial charge in [0.25, 0.3) is 5.56 Å². The van der Waals surface area contributed by atoms with E-state index < -0.39 is 11.9 Å². The minimum atomic E-state index is -1.66. The first-order chi connectivity index (χ1) is 14.8. The van der Waals surface area contributed by atoms with Gasteiger partial charge in [-0.25, -0.2) is 9.37 Å². The molecular weight excluding hydrogens is 399 g/mol. The summed E-state index contributed by atoms with van der Waals surface area (Å²) < 4.78 is 21.6. The molecule has 1 aromatic carbocycles. The van der Waals surface area contributed by atoms with Gasteiger partial charge in [0.15, 0.2) is 6.29 Å². The highest BCUT2D eigenvalue weighted by molar-refractivity contribution is 5.92. The fraction of sp³-hybridized carbons (Fsp3) is 0.417. The van der Waals surface area contributed by atoms with Crippen LogP contribution in [-0.4, -0.2) is 26.1 Å². The number of aliphatic hydroxyl groups is 2. The van der Waals surface area contributed by atoms with Crippen LogP contribution in [0.4, 0.5) is 4.39 Å². The van der Waals surface area contributed by atoms with Gasteiger partial charge < -0.3 is 19.5 Å². The van der Waals surface area contributed by atoms with Crippen LogP contribution in [0.3, 0.4) is 0 Å². The molecule has 3 aliphatic rings. The molecule has 3 aromatic rings. The molecule has 4 heterocycles. The van der Waals surface area contributed by atoms with E-state index in [9.17, 15) is 19.4 Å². The molecule has 0 bridgehead atoms. The zero-order valence-electron chi connectivity index (χ0n) is 17.5. The van der Waals surface area contributed by atoms with Gasteiger partial charge in [-0.1, -0.05) is 6.92 Å². The van der Waals surface area contributed by atoms with Gasteiger partial charge >= 0.3 is 0 Å². The summed E-state index contributed by atoms with van der Waals surface area (Å²) in [5.74, 6) is -0.260. The first kappa shape index (κ1) is 19.1. The molecule has 0 fully saturated rings. The van der Waals surface area contributed by atoms with E-state index in [4.69, 9.17) is 9.72 Å². The van der Waals surface area contributed by atoms with E-state index >= 15 is 0 Å². The van der Waals surface area contributed by atoms with E-state index in [1.165, 1.54) is 6.07 Å². The minimum Gasteiger partial charge on any atom is -0.380 e. The van der Waals surface area contributed by atoms with E-state index in [0.29, 0.717) is 40.1 Å². The van der Waals surface area contributed by atoms with E-state index in [0.717, 1.165) is 41.3 Å². The number of ether oxygens (including phenoxy) is 1. The molecule has 2 aliphatic heterocycles. The second-order valence-electron chi connectivity index (χ2n) is 8.88. The Hall–Kier alpha value is -2.61. The molecule has 2 N–H and O–H groups in total. The third kappa shape index (κ3) is 2.31. The normalized spacial score (nSPS) is 23.6. The lowest BCUT2D eigenvalue weighted by molar-refractivity contribution is -0.236. The largest absolute Gasteiger partial charge is 0.380 e. The maximum atomic E-state index is 14.6. The van der Waals surface area contributed by atoms with E-state index in [-0.39, 0.29) is 24.4 Å². The first-order valence-electron chi connectivity index (χ1n) is 10.8. The van der Waals surface area contributed by atoms with Gasteiger partial charge in [0.1, 0.15) is 11.4 Å². The van der Waals surface area contributed by atoms with Crippen molar-refractivity contribution in [2.24, 2.45) is 0 Å². The van der Waals surface area contributed by atoms with Crippen LogP contribution >= 0.6 is 0 Å². The van der Waals surface area contributed by atoms with Crippen LogP contribution in [-0.2, 0) is 36.3 Å². The molecule has 6 nitrogen and oxygen atoms in total. The summed E-state index contributed by atoms with van der Waals surface area (Å²) in [5.41, 5.74) is 4.58. The average Bonchev–Trinajstić information content (AvgIpc) is 3.14. The second kappa shape index (κ2) is 6.22. The predicted octanol–water partition coefficient (Wildman–Crippen LogP) is 2.81. The van der Waals surface area contributed by atoms with Crippen molar-refractivity contribution >= 4 is 10.9 Å². The van der Waals surface area contributed by atoms with Gasteiger partial charge in [-0.2, -0.15) is 0 Å². The summed E-state index contributed by atoms with van der Waals surface area (Å²) in [5, 5.41) is 22.4. The van der Waals surface area contributed by atoms with Crippen molar-refractivity contribution < 1.29 is 19.3 Å². The molecule has 0 saturated carbocycles. The number of aliphatic hydroxyl groups excluding tert-OH is 1. The quantitative estimate of drug-likeness (QED) is 0.493. The number of aryl methyl sites for hydroxylation is 2. The van der Waals surface area contributed by atoms with Gasteiger partial charge in [0, 0.05) is 28.1 Å². The van der Waals surface area contributed by atoms with E-state index in [2.05, 4.69) is 0 Å². The summed E-state index contributed by atoms with van der Waals surface area (Å²) in [6.07, 6.45) is 1.41. The summed E-state index contributed by atoms with van der Waals surface area (Å²) in [6.45, 7) is 3.91. The number of hydrogen-bond acceptors (Lipinski definition) is 5. The maximum absolute atomic E-state index is 14.6. The fourth-order valence-corrected chi connectivity index (χ4v) is 5.63. The molecule has 0 unspecified atom stereocenters. The lowest BCUT2D eigenvalue weighted by Gasteiger charge is -2.37. The number of hydrogen-bond donors (Lipinski definition) is 2. The van der Waals surface area contributed by atoms with E-state index in [1.54, 1.807) is 17.6 Å². The third-order valence-electron chi connectivity index (χ3n) is 7.43. The monoisotopic (exact) mass is 422 g/mol. The summed E-state index contributed by atoms with van der Waals surface area (Å²) in [4.78, 5) is 18.2. The Labute approximate surface area is 177 Å². The molecule has 2 atom stereocenters. The van der Waals surface area contributed by atoms with Crippen LogP contribution in [0.15, 0.2) is 16.9 Å². The summed E-state index contributed by atoms with van der Waals surface area (Å²) >= 11 is 0. The predicted molar refractivity (Wildman–Crippen MR) is 112 cm³/mol. The zero-order valence-corrected chi connectivity index (χ0v) is 17.5. The van der Waals surface area contributed by atoms with Crippen molar-refractivity contribution in [2.75, 3.05) is 0 Å². The number of halogens is 1. The molecule has 1 aliphatic carbocycles. The Balaban J connectivity index is 1.68. The molecule has 0 spiro atoms. The lowest BCUT2D eigenvalue weighted by Crippen LogP contribution is -2.47. The third-order valence-corrected chi connectivity index (χ3v) is 7.43. The summed E-state index contributed by atoms with van der Waals surface area (Å²) in [7, 11) is 0. The van der Waals surface area contributed by atoms with Gasteiger partial charge in [-0.15, -0.1) is 0 Å². The molecule has 0 saturated heterocycles. The molecule has 160 valence electrons. The van der Waals surface area contributed by atoms with Gasteiger partial charge in [0.05, 0.1) is 30.1 Å². The Kier molecular flexibility index (Phi) is 3.83. The fourth-order valence-electron chi connectivity index (χ4n) is 5.63. The van der Waals surface area contributed by atoms with Gasteiger partial charge in [0.2, 0.25) is 0 Å². The molecule has 7 heteroatoms. The van der Waals surface area contributed by atoms with Crippen molar-refractivity contribution in [1.82, 2.24) is 9.55 Å². The highest BCUT2D eigenvalue weighted by atomic mass is 19.1. The molecule has 0 radical (unpaired) electrons. The van der Waals surface area contributed by atoms with Crippen LogP contribution in [0.2, 0.25) is 0 Å². The lowest BCUT2D eigenvalue weighted by atomic mass is 9.84. The van der Waals surface area contributed by atoms with Crippen LogP contribution in [0.1, 0.15) is 53.1 Å². The number of rotatable bonds is 1. The first-order valence-corrected chi connectivity index (χ1v) is 10.8. The molecule has 0 amide bonds. The van der Waals surface area contributed by atoms with Crippen LogP contribution in [0.5, 0.6) is 0 Å². The standard InChI is InChI=1S/C24H23FN2O4/c1-3-24(30)16-7-19-21-14(9-27(19)22(28)15(16)10-31-23(24)29)13-6-4-5-12-11(2)17(25)8-18(26-21)20(12)13/h7-8,23,29-30H,3-6,9-10H2,1-2H3/t23-,24+/m1/s1. The van der Waals surface area contributed by atoms with Crippen molar-refractivity contribution in [3.8, 4) is 11.4 Å². The van der Waals surface area contributed by atoms with Crippen LogP contribution in [0.25, 0.3) is 22.3 Å². The Morgan fingerprint density at radius 3 is 2.81 bits per heavy atom. The number of fused-ring (bicyclic) bond motifs is 5. The number of pyridine rings is 2. The van der Waals surface area contributed by atoms with Gasteiger partial charge in [-0.05, 0) is 55.4 Å². The smallest absolute Gasteiger partial charge is 0.257 e. The number of nitrogens with zero attached hydrogens (tertiary/aromatic N) is 2. The Morgan fingerprint density at radius 2 is 2.03 bits per heavy atom. The van der Waals surface area contributed by atoms with Crippen molar-refractivity contribution in [1.29, 1.82) is 0 Å². The van der Waals surface area contributed by atoms with E-state index in [1.807, 2.05) is 6.92 Å². The van der Waals surface area contributed by atoms with Crippen molar-refractivity contribution in [3.63, 3.8) is 0 Å². The molecule has 6 rings (SSSR count). The minimum absolute atomic E-state index is 0.0505. The molecule has 31 heavy (non-hydrogen) atoms. The average molecular weight is 422 g/mol. The number of benzene rings is 1. The Morgan fingerprint density at radius 1 is 1.26 bits per heavy atom. The highest BCUT2D eigenvalue weighted by Crippen LogP contribution is 2.43. The Bertz CT molecular complexity index is 1360. The highest BCUT2D eigenvalue weighted by Gasteiger charge is 2.44. The van der Waals surface area contributed by atoms with Crippen LogP contribution in [0, 0.1) is 12.7 Å². The number of aromatic nitrogens is 2. The summed E-state index contributed by atoms with van der Waals surface area (Å²) in [6, 6.07) is 3.25. The van der Waals surface area contributed by atoms with Crippen molar-refractivity contribution in [2.45, 2.75) is 64.6 Å². The maximum Gasteiger partial charge on any atom is 0.257 e. The second-order valence-corrected chi connectivity index (χ2v) is 8.88. The zero-order chi connectivity index (χ0) is 21.7. The molecule has 2 aromatic heterocycles. The van der Waals surface area contributed by atoms with Crippen LogP contribution < -0.4 is 5.56 Å². The topological polar surface area (TPSA) is 84.6 Å². The SMILES string of the molecule is CC[C@]1(O)c2cc3n(c(=O)c2CO[C@H]1O)Cc1c-3nc2cc(F)c(C)c3c2c1CCC3. The molecular formula is C24H23FN2O4. The van der Waals surface area contributed by atoms with Gasteiger partial charge in [-0.3, -0.25) is 4.79 Å².